The van der Waals surface area contributed by atoms with Crippen molar-refractivity contribution in [1.82, 2.24) is 0 Å². The minimum atomic E-state index is -0.116. The Morgan fingerprint density at radius 2 is 1.63 bits per heavy atom. The quantitative estimate of drug-likeness (QED) is 0.771. The number of amides is 1. The van der Waals surface area contributed by atoms with Gasteiger partial charge in [-0.05, 0) is 61.4 Å². The Hall–Kier alpha value is -1.26. The van der Waals surface area contributed by atoms with Gasteiger partial charge in [-0.2, -0.15) is 0 Å². The molecule has 2 rings (SSSR count). The molecule has 1 N–H and O–H groups in total. The molecule has 19 heavy (non-hydrogen) atoms. The van der Waals surface area contributed by atoms with E-state index in [0.29, 0.717) is 5.56 Å². The standard InChI is InChI=1S/C15H14BrNOS/c1-9-7-12(8-10(2)14(9)16)17-15(18)11-3-5-13(19)6-4-11/h3-8,19H,1-2H3,(H,17,18). The number of rotatable bonds is 2. The molecule has 0 atom stereocenters. The van der Waals surface area contributed by atoms with E-state index in [0.717, 1.165) is 26.2 Å². The lowest BCUT2D eigenvalue weighted by Crippen LogP contribution is -2.12. The summed E-state index contributed by atoms with van der Waals surface area (Å²) in [5, 5.41) is 2.90. The fourth-order valence-electron chi connectivity index (χ4n) is 1.83. The predicted molar refractivity (Wildman–Crippen MR) is 85.3 cm³/mol. The third-order valence-corrected chi connectivity index (χ3v) is 4.37. The van der Waals surface area contributed by atoms with E-state index in [9.17, 15) is 4.79 Å². The highest BCUT2D eigenvalue weighted by molar-refractivity contribution is 9.10. The highest BCUT2D eigenvalue weighted by Gasteiger charge is 2.08. The zero-order valence-electron chi connectivity index (χ0n) is 10.7. The van der Waals surface area contributed by atoms with Gasteiger partial charge in [0.05, 0.1) is 0 Å². The first kappa shape index (κ1) is 14.2. The second-order valence-corrected chi connectivity index (χ2v) is 5.73. The van der Waals surface area contributed by atoms with Gasteiger partial charge >= 0.3 is 0 Å². The van der Waals surface area contributed by atoms with Crippen molar-refractivity contribution < 1.29 is 4.79 Å². The van der Waals surface area contributed by atoms with Gasteiger partial charge in [0.1, 0.15) is 0 Å². The van der Waals surface area contributed by atoms with Gasteiger partial charge in [-0.3, -0.25) is 4.79 Å². The summed E-state index contributed by atoms with van der Waals surface area (Å²) in [6.45, 7) is 4.00. The fourth-order valence-corrected chi connectivity index (χ4v) is 2.21. The lowest BCUT2D eigenvalue weighted by atomic mass is 10.1. The summed E-state index contributed by atoms with van der Waals surface area (Å²) >= 11 is 7.71. The summed E-state index contributed by atoms with van der Waals surface area (Å²) in [5.41, 5.74) is 3.62. The molecule has 0 aromatic heterocycles. The molecule has 0 aliphatic carbocycles. The van der Waals surface area contributed by atoms with E-state index in [-0.39, 0.29) is 5.91 Å². The minimum Gasteiger partial charge on any atom is -0.322 e. The van der Waals surface area contributed by atoms with Crippen molar-refractivity contribution in [2.45, 2.75) is 18.7 Å². The van der Waals surface area contributed by atoms with Crippen LogP contribution < -0.4 is 5.32 Å². The number of nitrogens with one attached hydrogen (secondary N) is 1. The van der Waals surface area contributed by atoms with Crippen LogP contribution in [0.5, 0.6) is 0 Å². The average Bonchev–Trinajstić information content (AvgIpc) is 2.36. The highest BCUT2D eigenvalue weighted by Crippen LogP contribution is 2.25. The van der Waals surface area contributed by atoms with Gasteiger partial charge in [0.15, 0.2) is 0 Å². The number of hydrogen-bond acceptors (Lipinski definition) is 2. The summed E-state index contributed by atoms with van der Waals surface area (Å²) in [6, 6.07) is 11.0. The maximum atomic E-state index is 12.1. The van der Waals surface area contributed by atoms with E-state index in [1.165, 1.54) is 0 Å². The molecule has 1 amide bonds. The van der Waals surface area contributed by atoms with Gasteiger partial charge in [0, 0.05) is 20.6 Å². The summed E-state index contributed by atoms with van der Waals surface area (Å²) in [4.78, 5) is 12.9. The number of halogens is 1. The molecule has 2 aromatic carbocycles. The van der Waals surface area contributed by atoms with Crippen LogP contribution in [0, 0.1) is 13.8 Å². The maximum Gasteiger partial charge on any atom is 0.255 e. The molecule has 0 unspecified atom stereocenters. The molecule has 0 fully saturated rings. The van der Waals surface area contributed by atoms with Crippen LogP contribution in [0.15, 0.2) is 45.8 Å². The maximum absolute atomic E-state index is 12.1. The van der Waals surface area contributed by atoms with Crippen LogP contribution in [0.3, 0.4) is 0 Å². The summed E-state index contributed by atoms with van der Waals surface area (Å²) in [6.07, 6.45) is 0. The number of carbonyl (C=O) groups is 1. The number of hydrogen-bond donors (Lipinski definition) is 2. The second-order valence-electron chi connectivity index (χ2n) is 4.43. The Balaban J connectivity index is 2.22. The number of anilines is 1. The van der Waals surface area contributed by atoms with E-state index in [1.807, 2.05) is 26.0 Å². The molecular weight excluding hydrogens is 322 g/mol. The number of thiol groups is 1. The summed E-state index contributed by atoms with van der Waals surface area (Å²) in [5.74, 6) is -0.116. The van der Waals surface area contributed by atoms with Crippen LogP contribution in [0.1, 0.15) is 21.5 Å². The first-order valence-corrected chi connectivity index (χ1v) is 7.08. The smallest absolute Gasteiger partial charge is 0.255 e. The molecule has 4 heteroatoms. The SMILES string of the molecule is Cc1cc(NC(=O)c2ccc(S)cc2)cc(C)c1Br. The molecule has 2 aromatic rings. The topological polar surface area (TPSA) is 29.1 Å². The molecule has 0 aliphatic rings. The van der Waals surface area contributed by atoms with Crippen LogP contribution in [-0.2, 0) is 0 Å². The molecular formula is C15H14BrNOS. The van der Waals surface area contributed by atoms with Crippen molar-refractivity contribution >= 4 is 40.2 Å². The third-order valence-electron chi connectivity index (χ3n) is 2.82. The molecule has 0 aliphatic heterocycles. The number of aryl methyl sites for hydroxylation is 2. The van der Waals surface area contributed by atoms with Crippen molar-refractivity contribution in [2.24, 2.45) is 0 Å². The van der Waals surface area contributed by atoms with E-state index in [2.05, 4.69) is 33.9 Å². The number of carbonyl (C=O) groups excluding carboxylic acids is 1. The predicted octanol–water partition coefficient (Wildman–Crippen LogP) is 4.61. The molecule has 0 saturated carbocycles. The molecule has 0 saturated heterocycles. The normalized spacial score (nSPS) is 10.3. The van der Waals surface area contributed by atoms with Crippen molar-refractivity contribution in [1.29, 1.82) is 0 Å². The molecule has 2 nitrogen and oxygen atoms in total. The van der Waals surface area contributed by atoms with Crippen molar-refractivity contribution in [3.8, 4) is 0 Å². The Labute approximate surface area is 126 Å². The van der Waals surface area contributed by atoms with Crippen molar-refractivity contribution in [3.05, 3.63) is 57.6 Å². The van der Waals surface area contributed by atoms with Crippen LogP contribution in [0.25, 0.3) is 0 Å². The lowest BCUT2D eigenvalue weighted by molar-refractivity contribution is 0.102. The van der Waals surface area contributed by atoms with Gasteiger partial charge in [0.25, 0.3) is 5.91 Å². The largest absolute Gasteiger partial charge is 0.322 e. The van der Waals surface area contributed by atoms with Gasteiger partial charge in [-0.1, -0.05) is 15.9 Å². The van der Waals surface area contributed by atoms with Gasteiger partial charge < -0.3 is 5.32 Å². The first-order valence-electron chi connectivity index (χ1n) is 5.84. The van der Waals surface area contributed by atoms with Crippen LogP contribution in [0.4, 0.5) is 5.69 Å². The van der Waals surface area contributed by atoms with E-state index < -0.39 is 0 Å². The molecule has 98 valence electrons. The van der Waals surface area contributed by atoms with Gasteiger partial charge in [-0.15, -0.1) is 12.6 Å². The summed E-state index contributed by atoms with van der Waals surface area (Å²) in [7, 11) is 0. The Morgan fingerprint density at radius 1 is 1.11 bits per heavy atom. The van der Waals surface area contributed by atoms with Gasteiger partial charge in [0.2, 0.25) is 0 Å². The van der Waals surface area contributed by atoms with Crippen LogP contribution >= 0.6 is 28.6 Å². The lowest BCUT2D eigenvalue weighted by Gasteiger charge is -2.09. The monoisotopic (exact) mass is 335 g/mol. The Morgan fingerprint density at radius 3 is 2.16 bits per heavy atom. The third kappa shape index (κ3) is 3.39. The zero-order chi connectivity index (χ0) is 14.0. The van der Waals surface area contributed by atoms with Crippen LogP contribution in [0.2, 0.25) is 0 Å². The number of benzene rings is 2. The Kier molecular flexibility index (Phi) is 4.32. The molecule has 0 heterocycles. The van der Waals surface area contributed by atoms with Crippen molar-refractivity contribution in [3.63, 3.8) is 0 Å². The summed E-state index contributed by atoms with van der Waals surface area (Å²) < 4.78 is 1.07. The molecule has 0 bridgehead atoms. The molecule has 0 spiro atoms. The fraction of sp³-hybridized carbons (Fsp3) is 0.133. The van der Waals surface area contributed by atoms with Gasteiger partial charge in [-0.25, -0.2) is 0 Å². The minimum absolute atomic E-state index is 0.116. The van der Waals surface area contributed by atoms with E-state index >= 15 is 0 Å². The Bertz CT molecular complexity index is 600. The van der Waals surface area contributed by atoms with E-state index in [4.69, 9.17) is 0 Å². The van der Waals surface area contributed by atoms with Crippen molar-refractivity contribution in [2.75, 3.05) is 5.32 Å². The molecule has 0 radical (unpaired) electrons. The zero-order valence-corrected chi connectivity index (χ0v) is 13.2. The van der Waals surface area contributed by atoms with Crippen LogP contribution in [-0.4, -0.2) is 5.91 Å². The average molecular weight is 336 g/mol. The highest BCUT2D eigenvalue weighted by atomic mass is 79.9. The second kappa shape index (κ2) is 5.80. The van der Waals surface area contributed by atoms with E-state index in [1.54, 1.807) is 24.3 Å². The first-order chi connectivity index (χ1) is 8.97.